The van der Waals surface area contributed by atoms with Gasteiger partial charge in [-0.25, -0.2) is 4.98 Å². The second-order valence-electron chi connectivity index (χ2n) is 8.47. The van der Waals surface area contributed by atoms with Crippen molar-refractivity contribution >= 4 is 22.8 Å². The lowest BCUT2D eigenvalue weighted by atomic mass is 10.2. The number of para-hydroxylation sites is 2. The molecule has 0 unspecified atom stereocenters. The minimum absolute atomic E-state index is 0.181. The van der Waals surface area contributed by atoms with Crippen LogP contribution in [0.1, 0.15) is 48.3 Å². The molecule has 8 nitrogen and oxygen atoms in total. The lowest BCUT2D eigenvalue weighted by molar-refractivity contribution is -0.131. The van der Waals surface area contributed by atoms with Gasteiger partial charge in [-0.05, 0) is 43.2 Å². The third-order valence-electron chi connectivity index (χ3n) is 6.29. The quantitative estimate of drug-likeness (QED) is 0.548. The van der Waals surface area contributed by atoms with Crippen LogP contribution in [0.5, 0.6) is 11.5 Å². The normalized spacial score (nSPS) is 14.0. The highest BCUT2D eigenvalue weighted by atomic mass is 16.5. The van der Waals surface area contributed by atoms with E-state index in [1.54, 1.807) is 25.3 Å². The van der Waals surface area contributed by atoms with Crippen molar-refractivity contribution in [2.75, 3.05) is 27.3 Å². The summed E-state index contributed by atoms with van der Waals surface area (Å²) in [6.07, 6.45) is 4.96. The Morgan fingerprint density at radius 2 is 1.71 bits per heavy atom. The average Bonchev–Trinajstić information content (AvgIpc) is 3.02. The molecular weight excluding hydrogens is 432 g/mol. The fourth-order valence-corrected chi connectivity index (χ4v) is 4.43. The first kappa shape index (κ1) is 23.6. The first-order chi connectivity index (χ1) is 16.6. The minimum atomic E-state index is -0.236. The van der Waals surface area contributed by atoms with Gasteiger partial charge in [0.2, 0.25) is 5.91 Å². The van der Waals surface area contributed by atoms with Crippen molar-refractivity contribution < 1.29 is 19.1 Å². The second-order valence-corrected chi connectivity index (χ2v) is 8.47. The molecule has 1 saturated heterocycles. The van der Waals surface area contributed by atoms with Crippen LogP contribution in [-0.2, 0) is 17.9 Å². The standard InChI is InChI=1S/C26H32N4O4/c1-33-22-12-11-19(17-23(22)34-2)26(32)27-18-24-28-20-9-5-6-10-21(20)30(24)16-13-25(31)29-14-7-3-4-8-15-29/h5-6,9-12,17H,3-4,7-8,13-16,18H2,1-2H3,(H,27,32). The highest BCUT2D eigenvalue weighted by molar-refractivity contribution is 5.94. The second kappa shape index (κ2) is 11.0. The summed E-state index contributed by atoms with van der Waals surface area (Å²) in [6.45, 7) is 2.46. The minimum Gasteiger partial charge on any atom is -0.493 e. The van der Waals surface area contributed by atoms with Crippen molar-refractivity contribution in [2.24, 2.45) is 0 Å². The fraction of sp³-hybridized carbons (Fsp3) is 0.423. The lowest BCUT2D eigenvalue weighted by Gasteiger charge is -2.20. The van der Waals surface area contributed by atoms with Gasteiger partial charge < -0.3 is 24.3 Å². The van der Waals surface area contributed by atoms with Gasteiger partial charge in [-0.2, -0.15) is 0 Å². The highest BCUT2D eigenvalue weighted by Crippen LogP contribution is 2.27. The Hall–Kier alpha value is -3.55. The summed E-state index contributed by atoms with van der Waals surface area (Å²) >= 11 is 0. The van der Waals surface area contributed by atoms with Gasteiger partial charge in [0, 0.05) is 31.6 Å². The highest BCUT2D eigenvalue weighted by Gasteiger charge is 2.18. The van der Waals surface area contributed by atoms with Gasteiger partial charge in [-0.15, -0.1) is 0 Å². The van der Waals surface area contributed by atoms with E-state index in [4.69, 9.17) is 14.5 Å². The van der Waals surface area contributed by atoms with Crippen LogP contribution in [0.25, 0.3) is 11.0 Å². The Balaban J connectivity index is 1.47. The number of amides is 2. The summed E-state index contributed by atoms with van der Waals surface area (Å²) in [5.41, 5.74) is 2.28. The van der Waals surface area contributed by atoms with Crippen molar-refractivity contribution in [2.45, 2.75) is 45.2 Å². The molecule has 1 N–H and O–H groups in total. The van der Waals surface area contributed by atoms with E-state index in [0.29, 0.717) is 30.0 Å². The van der Waals surface area contributed by atoms with Crippen molar-refractivity contribution in [3.8, 4) is 11.5 Å². The number of ether oxygens (including phenoxy) is 2. The number of fused-ring (bicyclic) bond motifs is 1. The molecule has 180 valence electrons. The first-order valence-corrected chi connectivity index (χ1v) is 11.8. The summed E-state index contributed by atoms with van der Waals surface area (Å²) < 4.78 is 12.6. The Bertz CT molecular complexity index is 1150. The smallest absolute Gasteiger partial charge is 0.251 e. The number of methoxy groups -OCH3 is 2. The van der Waals surface area contributed by atoms with Crippen LogP contribution in [0.3, 0.4) is 0 Å². The molecule has 0 bridgehead atoms. The maximum Gasteiger partial charge on any atom is 0.251 e. The molecule has 0 aliphatic carbocycles. The largest absolute Gasteiger partial charge is 0.493 e. The number of imidazole rings is 1. The number of hydrogen-bond donors (Lipinski definition) is 1. The molecular formula is C26H32N4O4. The van der Waals surface area contributed by atoms with Crippen molar-refractivity contribution in [1.82, 2.24) is 19.8 Å². The number of aryl methyl sites for hydroxylation is 1. The van der Waals surface area contributed by atoms with E-state index < -0.39 is 0 Å². The molecule has 4 rings (SSSR count). The number of nitrogens with one attached hydrogen (secondary N) is 1. The molecule has 0 radical (unpaired) electrons. The Labute approximate surface area is 199 Å². The van der Waals surface area contributed by atoms with Crippen LogP contribution in [0, 0.1) is 0 Å². The van der Waals surface area contributed by atoms with E-state index in [1.165, 1.54) is 20.0 Å². The number of benzene rings is 2. The van der Waals surface area contributed by atoms with E-state index >= 15 is 0 Å². The van der Waals surface area contributed by atoms with Crippen LogP contribution in [0.15, 0.2) is 42.5 Å². The van der Waals surface area contributed by atoms with Crippen LogP contribution in [0.4, 0.5) is 0 Å². The molecule has 1 aliphatic rings. The zero-order chi connectivity index (χ0) is 23.9. The van der Waals surface area contributed by atoms with E-state index in [9.17, 15) is 9.59 Å². The fourth-order valence-electron chi connectivity index (χ4n) is 4.43. The molecule has 34 heavy (non-hydrogen) atoms. The zero-order valence-electron chi connectivity index (χ0n) is 19.9. The van der Waals surface area contributed by atoms with E-state index in [0.717, 1.165) is 42.8 Å². The molecule has 2 heterocycles. The van der Waals surface area contributed by atoms with Gasteiger partial charge in [0.1, 0.15) is 5.82 Å². The van der Waals surface area contributed by atoms with Crippen LogP contribution in [0.2, 0.25) is 0 Å². The number of hydrogen-bond acceptors (Lipinski definition) is 5. The molecule has 1 aliphatic heterocycles. The monoisotopic (exact) mass is 464 g/mol. The van der Waals surface area contributed by atoms with Gasteiger partial charge in [0.05, 0.1) is 31.8 Å². The summed E-state index contributed by atoms with van der Waals surface area (Å²) in [4.78, 5) is 32.4. The van der Waals surface area contributed by atoms with Gasteiger partial charge in [0.15, 0.2) is 11.5 Å². The number of carbonyl (C=O) groups excluding carboxylic acids is 2. The molecule has 1 aromatic heterocycles. The van der Waals surface area contributed by atoms with Crippen LogP contribution >= 0.6 is 0 Å². The van der Waals surface area contributed by atoms with Crippen molar-refractivity contribution in [1.29, 1.82) is 0 Å². The summed E-state index contributed by atoms with van der Waals surface area (Å²) in [6, 6.07) is 12.9. The number of nitrogens with zero attached hydrogens (tertiary/aromatic N) is 3. The first-order valence-electron chi connectivity index (χ1n) is 11.8. The predicted molar refractivity (Wildman–Crippen MR) is 130 cm³/mol. The van der Waals surface area contributed by atoms with Crippen molar-refractivity contribution in [3.63, 3.8) is 0 Å². The molecule has 1 fully saturated rings. The number of likely N-dealkylation sites (tertiary alicyclic amines) is 1. The van der Waals surface area contributed by atoms with Crippen LogP contribution < -0.4 is 14.8 Å². The molecule has 0 atom stereocenters. The third-order valence-corrected chi connectivity index (χ3v) is 6.29. The van der Waals surface area contributed by atoms with E-state index in [1.807, 2.05) is 33.7 Å². The number of carbonyl (C=O) groups is 2. The molecule has 2 amide bonds. The Morgan fingerprint density at radius 1 is 0.971 bits per heavy atom. The molecule has 0 saturated carbocycles. The molecule has 0 spiro atoms. The number of aromatic nitrogens is 2. The molecule has 3 aromatic rings. The van der Waals surface area contributed by atoms with Gasteiger partial charge in [-0.3, -0.25) is 9.59 Å². The van der Waals surface area contributed by atoms with Crippen LogP contribution in [-0.4, -0.2) is 53.6 Å². The van der Waals surface area contributed by atoms with E-state index in [-0.39, 0.29) is 18.4 Å². The third kappa shape index (κ3) is 5.32. The van der Waals surface area contributed by atoms with Crippen molar-refractivity contribution in [3.05, 3.63) is 53.9 Å². The van der Waals surface area contributed by atoms with Gasteiger partial charge in [0.25, 0.3) is 5.91 Å². The molecule has 2 aromatic carbocycles. The molecule has 8 heteroatoms. The summed E-state index contributed by atoms with van der Waals surface area (Å²) in [5, 5.41) is 2.95. The summed E-state index contributed by atoms with van der Waals surface area (Å²) in [5.74, 6) is 1.73. The maximum absolute atomic E-state index is 12.9. The van der Waals surface area contributed by atoms with Gasteiger partial charge in [-0.1, -0.05) is 25.0 Å². The number of rotatable bonds is 8. The van der Waals surface area contributed by atoms with Gasteiger partial charge >= 0.3 is 0 Å². The SMILES string of the molecule is COc1ccc(C(=O)NCc2nc3ccccc3n2CCC(=O)N2CCCCCC2)cc1OC. The lowest BCUT2D eigenvalue weighted by Crippen LogP contribution is -2.32. The topological polar surface area (TPSA) is 85.7 Å². The average molecular weight is 465 g/mol. The van der Waals surface area contributed by atoms with E-state index in [2.05, 4.69) is 5.32 Å². The Kier molecular flexibility index (Phi) is 7.67. The maximum atomic E-state index is 12.9. The predicted octanol–water partition coefficient (Wildman–Crippen LogP) is 3.78. The zero-order valence-corrected chi connectivity index (χ0v) is 19.9. The summed E-state index contributed by atoms with van der Waals surface area (Å²) in [7, 11) is 3.09. The Morgan fingerprint density at radius 3 is 2.44 bits per heavy atom.